The molecule has 0 rings (SSSR count). The van der Waals surface area contributed by atoms with Gasteiger partial charge in [-0.1, -0.05) is 130 Å². The molecule has 0 unspecified atom stereocenters. The number of rotatable bonds is 67. The topological polar surface area (TPSA) is 490 Å². The number of hydrogen-bond donors (Lipinski definition) is 16. The standard InChI is InChI=1S/C64H121N21O14/c1-5-9-13-17-21-25-35-75-82-96-47-57(89)69-41-39-67-54(86)32-29-51(61(93)73-45-43-71-59(91)49-98-84-77-37-27-23-19-15-11-7-3)79-56(88)34-31-53(81-64(65)66)63(95)80-52(62(94)74-46-44-72-60(92)50-99-85-78-38-28-24-20-16-12-8-4)30-33-55(87)68-40-42-70-58(90)48-97-83-76-36-26-22-18-14-10-6-2/h35-38,51-53,82-85H,5-34,39-50H2,1-4H3,(H,67,86)(H,68,87)(H,69,89)(H,70,90)(H,71,91)(H,72,92)(H,73,93)(H,74,94)(H,79,88)(H,80,95)(H4,65,66,81)/b75-35+,76-36+,77-37+,78-38+/t51-,52-,53-/m0/s1. The lowest BCUT2D eigenvalue weighted by molar-refractivity contribution is -0.131. The zero-order valence-corrected chi connectivity index (χ0v) is 59.3. The second-order valence-electron chi connectivity index (χ2n) is 23.1. The molecule has 0 aliphatic heterocycles. The number of nitrogens with one attached hydrogen (secondary N) is 14. The fourth-order valence-electron chi connectivity index (χ4n) is 8.84. The third-order valence-electron chi connectivity index (χ3n) is 14.3. The van der Waals surface area contributed by atoms with Crippen molar-refractivity contribution in [2.45, 2.75) is 238 Å². The average Bonchev–Trinajstić information content (AvgIpc) is 0.983. The van der Waals surface area contributed by atoms with E-state index in [0.29, 0.717) is 0 Å². The van der Waals surface area contributed by atoms with Crippen molar-refractivity contribution in [3.05, 3.63) is 0 Å². The van der Waals surface area contributed by atoms with Gasteiger partial charge in [-0.25, -0.2) is 24.3 Å². The van der Waals surface area contributed by atoms with Gasteiger partial charge in [0.1, 0.15) is 18.1 Å². The number of amides is 10. The van der Waals surface area contributed by atoms with Crippen LogP contribution in [-0.4, -0.2) is 187 Å². The maximum atomic E-state index is 14.0. The summed E-state index contributed by atoms with van der Waals surface area (Å²) in [5.74, 6) is -6.80. The van der Waals surface area contributed by atoms with Gasteiger partial charge in [0.15, 0.2) is 32.4 Å². The first-order chi connectivity index (χ1) is 48.1. The van der Waals surface area contributed by atoms with Crippen LogP contribution in [0.4, 0.5) is 0 Å². The number of guanidine groups is 1. The van der Waals surface area contributed by atoms with Crippen molar-refractivity contribution in [3.8, 4) is 0 Å². The first-order valence-electron chi connectivity index (χ1n) is 35.4. The van der Waals surface area contributed by atoms with Crippen LogP contribution in [0.3, 0.4) is 0 Å². The zero-order chi connectivity index (χ0) is 72.9. The summed E-state index contributed by atoms with van der Waals surface area (Å²) >= 11 is 0. The van der Waals surface area contributed by atoms with E-state index in [1.807, 2.05) is 0 Å². The van der Waals surface area contributed by atoms with Crippen LogP contribution in [0.2, 0.25) is 0 Å². The van der Waals surface area contributed by atoms with E-state index in [1.54, 1.807) is 24.9 Å². The van der Waals surface area contributed by atoms with Crippen molar-refractivity contribution in [2.75, 3.05) is 78.8 Å². The highest BCUT2D eigenvalue weighted by Crippen LogP contribution is 2.10. The molecular weight excluding hydrogens is 1290 g/mol. The predicted octanol–water partition coefficient (Wildman–Crippen LogP) is 1.34. The highest BCUT2D eigenvalue weighted by molar-refractivity contribution is 5.93. The number of unbranched alkanes of at least 4 members (excludes halogenated alkanes) is 20. The van der Waals surface area contributed by atoms with Gasteiger partial charge in [0.2, 0.25) is 59.1 Å². The molecule has 35 heteroatoms. The van der Waals surface area contributed by atoms with Crippen LogP contribution in [0.5, 0.6) is 0 Å². The lowest BCUT2D eigenvalue weighted by atomic mass is 10.1. The van der Waals surface area contributed by atoms with E-state index in [-0.39, 0.29) is 104 Å². The Kier molecular flexibility index (Phi) is 61.3. The highest BCUT2D eigenvalue weighted by Gasteiger charge is 2.28. The minimum absolute atomic E-state index is 0.000784. The lowest BCUT2D eigenvalue weighted by Gasteiger charge is -2.22. The highest BCUT2D eigenvalue weighted by atomic mass is 16.7. The monoisotopic (exact) mass is 1410 g/mol. The molecule has 0 heterocycles. The molecule has 0 bridgehead atoms. The van der Waals surface area contributed by atoms with Crippen molar-refractivity contribution < 1.29 is 67.3 Å². The van der Waals surface area contributed by atoms with Crippen molar-refractivity contribution in [1.82, 2.24) is 75.5 Å². The molecule has 566 valence electrons. The van der Waals surface area contributed by atoms with Gasteiger partial charge < -0.3 is 64.6 Å². The molecular formula is C64H121N21O14. The Labute approximate surface area is 584 Å². The largest absolute Gasteiger partial charge is 0.370 e. The van der Waals surface area contributed by atoms with Gasteiger partial charge in [-0.3, -0.25) is 47.9 Å². The van der Waals surface area contributed by atoms with Crippen LogP contribution in [0.25, 0.3) is 0 Å². The van der Waals surface area contributed by atoms with Gasteiger partial charge in [-0.05, 0) is 70.6 Å². The Morgan fingerprint density at radius 3 is 0.899 bits per heavy atom. The van der Waals surface area contributed by atoms with Crippen LogP contribution in [0.15, 0.2) is 25.4 Å². The Morgan fingerprint density at radius 1 is 0.323 bits per heavy atom. The van der Waals surface area contributed by atoms with Crippen molar-refractivity contribution in [1.29, 1.82) is 0 Å². The quantitative estimate of drug-likeness (QED) is 0.0177. The lowest BCUT2D eigenvalue weighted by Crippen LogP contribution is -2.51. The molecule has 0 aliphatic rings. The normalized spacial score (nSPS) is 12.1. The van der Waals surface area contributed by atoms with E-state index in [2.05, 4.69) is 129 Å². The molecule has 0 aromatic heterocycles. The smallest absolute Gasteiger partial charge is 0.248 e. The number of aliphatic imine (C=N–C) groups is 1. The second-order valence-corrected chi connectivity index (χ2v) is 23.1. The van der Waals surface area contributed by atoms with Crippen LogP contribution in [0, 0.1) is 0 Å². The second kappa shape index (κ2) is 66.9. The summed E-state index contributed by atoms with van der Waals surface area (Å²) in [4.78, 5) is 155. The minimum atomic E-state index is -1.50. The van der Waals surface area contributed by atoms with E-state index in [1.165, 1.54) is 32.1 Å². The molecule has 0 aromatic rings. The van der Waals surface area contributed by atoms with Crippen LogP contribution in [0.1, 0.15) is 220 Å². The van der Waals surface area contributed by atoms with E-state index in [0.717, 1.165) is 122 Å². The number of carbonyl (C=O) groups is 10. The van der Waals surface area contributed by atoms with E-state index >= 15 is 0 Å². The van der Waals surface area contributed by atoms with Gasteiger partial charge in [-0.15, -0.1) is 0 Å². The van der Waals surface area contributed by atoms with Crippen molar-refractivity contribution in [3.63, 3.8) is 0 Å². The Hall–Kier alpha value is -8.31. The molecule has 0 saturated heterocycles. The Morgan fingerprint density at radius 2 is 0.596 bits per heavy atom. The van der Waals surface area contributed by atoms with Crippen LogP contribution < -0.4 is 87.0 Å². The zero-order valence-electron chi connectivity index (χ0n) is 59.3. The SMILES string of the molecule is CCCCCCC/C=N/NOCC(=O)NCCNC(=O)CC[C@H](NC(=O)CC[C@H](N=C(N)N)C(=O)N[C@@H](CCC(=O)NCCNC(=O)CON/N=C/CCCCCCC)C(=O)NCCNC(=O)CON/N=C/CCCCCCC)C(=O)NCCNC(=O)CON/N=C/CCCCCCC. The van der Waals surface area contributed by atoms with E-state index < -0.39 is 96.2 Å². The summed E-state index contributed by atoms with van der Waals surface area (Å²) in [5.41, 5.74) is 20.9. The number of carbonyl (C=O) groups excluding carboxylic acids is 10. The third-order valence-corrected chi connectivity index (χ3v) is 14.3. The first kappa shape index (κ1) is 90.7. The molecule has 18 N–H and O–H groups in total. The molecule has 35 nitrogen and oxygen atoms in total. The fraction of sp³-hybridized carbons (Fsp3) is 0.766. The maximum Gasteiger partial charge on any atom is 0.248 e. The summed E-state index contributed by atoms with van der Waals surface area (Å²) < 4.78 is 0. The van der Waals surface area contributed by atoms with Gasteiger partial charge in [0.05, 0.1) is 0 Å². The Balaban J connectivity index is 5.91. The van der Waals surface area contributed by atoms with Gasteiger partial charge in [-0.2, -0.15) is 42.8 Å². The fourth-order valence-corrected chi connectivity index (χ4v) is 8.84. The summed E-state index contributed by atoms with van der Waals surface area (Å²) in [5, 5.41) is 41.7. The van der Waals surface area contributed by atoms with Crippen molar-refractivity contribution >= 4 is 89.9 Å². The summed E-state index contributed by atoms with van der Waals surface area (Å²) in [6.07, 6.45) is 30.1. The van der Waals surface area contributed by atoms with Gasteiger partial charge in [0.25, 0.3) is 0 Å². The van der Waals surface area contributed by atoms with Crippen LogP contribution in [-0.2, 0) is 67.3 Å². The van der Waals surface area contributed by atoms with Gasteiger partial charge in [0, 0.05) is 96.5 Å². The molecule has 0 saturated carbocycles. The molecule has 99 heavy (non-hydrogen) atoms. The van der Waals surface area contributed by atoms with E-state index in [4.69, 9.17) is 30.8 Å². The summed E-state index contributed by atoms with van der Waals surface area (Å²) in [7, 11) is 0. The molecule has 0 spiro atoms. The molecule has 10 amide bonds. The molecule has 0 fully saturated rings. The number of nitrogens with zero attached hydrogens (tertiary/aromatic N) is 5. The van der Waals surface area contributed by atoms with Crippen molar-refractivity contribution in [2.24, 2.45) is 36.9 Å². The van der Waals surface area contributed by atoms with E-state index in [9.17, 15) is 47.9 Å². The summed E-state index contributed by atoms with van der Waals surface area (Å²) in [6.45, 7) is 6.88. The van der Waals surface area contributed by atoms with Gasteiger partial charge >= 0.3 is 0 Å². The Bertz CT molecular complexity index is 2350. The molecule has 0 radical (unpaired) electrons. The maximum absolute atomic E-state index is 14.0. The molecule has 0 aromatic carbocycles. The first-order valence-corrected chi connectivity index (χ1v) is 35.4. The third kappa shape index (κ3) is 60.6. The molecule has 3 atom stereocenters. The number of nitrogens with two attached hydrogens (primary N) is 2. The summed E-state index contributed by atoms with van der Waals surface area (Å²) in [6, 6.07) is -4.22. The number of hydrazone groups is 4. The van der Waals surface area contributed by atoms with Crippen LogP contribution >= 0.6 is 0 Å². The number of hydrogen-bond acceptors (Lipinski definition) is 23. The molecule has 0 aliphatic carbocycles. The predicted molar refractivity (Wildman–Crippen MR) is 379 cm³/mol. The minimum Gasteiger partial charge on any atom is -0.370 e. The average molecular weight is 1410 g/mol.